The van der Waals surface area contributed by atoms with Crippen molar-refractivity contribution in [2.45, 2.75) is 40.8 Å². The first-order valence-electron chi connectivity index (χ1n) is 8.63. The number of benzene rings is 1. The van der Waals surface area contributed by atoms with E-state index in [-0.39, 0.29) is 16.0 Å². The highest BCUT2D eigenvalue weighted by molar-refractivity contribution is 6.67. The molecule has 0 aromatic heterocycles. The molecule has 4 atom stereocenters. The van der Waals surface area contributed by atoms with E-state index in [1.165, 1.54) is 0 Å². The number of nitrogens with zero attached hydrogens (tertiary/aromatic N) is 1. The lowest BCUT2D eigenvalue weighted by molar-refractivity contribution is -0.123. The first kappa shape index (κ1) is 21.1. The summed E-state index contributed by atoms with van der Waals surface area (Å²) in [7, 11) is 0. The molecule has 2 bridgehead atoms. The maximum atomic E-state index is 13.4. The Balaban J connectivity index is 1.90. The zero-order valence-corrected chi connectivity index (χ0v) is 19.5. The molecule has 1 saturated carbocycles. The van der Waals surface area contributed by atoms with Crippen molar-refractivity contribution < 1.29 is 9.59 Å². The molecule has 0 radical (unpaired) electrons. The SMILES string of the molecule is Cc1ccc(C(C)C)cc1N1C(=O)C2C(C1=O)C1(Cl)C(Cl)=C(Cl)C2(Cl)C1(Cl)Cl. The van der Waals surface area contributed by atoms with E-state index in [1.807, 2.05) is 39.0 Å². The summed E-state index contributed by atoms with van der Waals surface area (Å²) in [6, 6.07) is 5.65. The molecule has 1 aliphatic heterocycles. The molecule has 0 spiro atoms. The van der Waals surface area contributed by atoms with E-state index >= 15 is 0 Å². The van der Waals surface area contributed by atoms with Gasteiger partial charge in [-0.3, -0.25) is 9.59 Å². The van der Waals surface area contributed by atoms with Gasteiger partial charge in [0.15, 0.2) is 4.33 Å². The monoisotopic (exact) mass is 499 g/mol. The van der Waals surface area contributed by atoms with Crippen molar-refractivity contribution in [3.63, 3.8) is 0 Å². The van der Waals surface area contributed by atoms with Crippen LogP contribution in [0.2, 0.25) is 0 Å². The zero-order chi connectivity index (χ0) is 21.0. The molecular formula is C19H15Cl6NO2. The lowest BCUT2D eigenvalue weighted by Gasteiger charge is -2.34. The largest absolute Gasteiger partial charge is 0.274 e. The molecule has 4 rings (SSSR count). The highest BCUT2D eigenvalue weighted by Gasteiger charge is 2.87. The van der Waals surface area contributed by atoms with Gasteiger partial charge in [0.2, 0.25) is 11.8 Å². The number of aryl methyl sites for hydroxylation is 1. The molecule has 1 aromatic rings. The summed E-state index contributed by atoms with van der Waals surface area (Å²) in [6.45, 7) is 5.87. The van der Waals surface area contributed by atoms with E-state index in [9.17, 15) is 9.59 Å². The van der Waals surface area contributed by atoms with Crippen molar-refractivity contribution >= 4 is 87.1 Å². The van der Waals surface area contributed by atoms with Crippen LogP contribution >= 0.6 is 69.6 Å². The molecule has 2 aliphatic carbocycles. The third-order valence-electron chi connectivity index (χ3n) is 6.05. The van der Waals surface area contributed by atoms with Gasteiger partial charge in [0.25, 0.3) is 0 Å². The topological polar surface area (TPSA) is 37.4 Å². The van der Waals surface area contributed by atoms with Crippen LogP contribution < -0.4 is 4.90 Å². The fraction of sp³-hybridized carbons (Fsp3) is 0.474. The van der Waals surface area contributed by atoms with Crippen LogP contribution in [0.3, 0.4) is 0 Å². The van der Waals surface area contributed by atoms with Crippen molar-refractivity contribution in [2.24, 2.45) is 11.8 Å². The van der Waals surface area contributed by atoms with Gasteiger partial charge in [-0.25, -0.2) is 4.90 Å². The summed E-state index contributed by atoms with van der Waals surface area (Å²) in [4.78, 5) is 24.4. The molecule has 150 valence electrons. The normalized spacial score (nSPS) is 36.1. The number of hydrogen-bond acceptors (Lipinski definition) is 2. The highest BCUT2D eigenvalue weighted by atomic mass is 35.5. The molecule has 2 fully saturated rings. The van der Waals surface area contributed by atoms with Gasteiger partial charge in [-0.2, -0.15) is 0 Å². The maximum Gasteiger partial charge on any atom is 0.240 e. The van der Waals surface area contributed by atoms with E-state index in [1.54, 1.807) is 0 Å². The van der Waals surface area contributed by atoms with Gasteiger partial charge < -0.3 is 0 Å². The van der Waals surface area contributed by atoms with Crippen LogP contribution in [0.5, 0.6) is 0 Å². The first-order chi connectivity index (χ1) is 12.8. The van der Waals surface area contributed by atoms with Crippen LogP contribution in [0.4, 0.5) is 5.69 Å². The molecule has 28 heavy (non-hydrogen) atoms. The standard InChI is InChI=1S/C19H15Cl6NO2/c1-7(2)9-5-4-8(3)10(6-9)26-15(27)11-12(16(26)28)18(23)14(21)13(20)17(11,22)19(18,24)25/h4-7,11-12H,1-3H3. The number of halogens is 6. The fourth-order valence-electron chi connectivity index (χ4n) is 4.46. The van der Waals surface area contributed by atoms with Gasteiger partial charge in [0.1, 0.15) is 9.75 Å². The van der Waals surface area contributed by atoms with E-state index in [4.69, 9.17) is 69.6 Å². The first-order valence-corrected chi connectivity index (χ1v) is 10.9. The second kappa shape index (κ2) is 6.18. The van der Waals surface area contributed by atoms with Crippen LogP contribution in [0.15, 0.2) is 28.3 Å². The second-order valence-electron chi connectivity index (χ2n) is 7.79. The smallest absolute Gasteiger partial charge is 0.240 e. The quantitative estimate of drug-likeness (QED) is 0.364. The van der Waals surface area contributed by atoms with Crippen LogP contribution in [-0.4, -0.2) is 25.9 Å². The number of carbonyl (C=O) groups excluding carboxylic acids is 2. The summed E-state index contributed by atoms with van der Waals surface area (Å²) < 4.78 is -1.92. The van der Waals surface area contributed by atoms with Crippen molar-refractivity contribution in [1.82, 2.24) is 0 Å². The third-order valence-corrected chi connectivity index (χ3v) is 10.3. The van der Waals surface area contributed by atoms with E-state index in [0.717, 1.165) is 16.0 Å². The van der Waals surface area contributed by atoms with Crippen LogP contribution in [0, 0.1) is 18.8 Å². The summed E-state index contributed by atoms with van der Waals surface area (Å²) in [5, 5.41) is -0.180. The number of rotatable bonds is 2. The minimum absolute atomic E-state index is 0.0901. The Bertz CT molecular complexity index is 927. The average molecular weight is 502 g/mol. The molecule has 9 heteroatoms. The van der Waals surface area contributed by atoms with Crippen molar-refractivity contribution in [3.8, 4) is 0 Å². The van der Waals surface area contributed by atoms with Gasteiger partial charge in [0, 0.05) is 0 Å². The minimum atomic E-state index is -1.92. The number of hydrogen-bond donors (Lipinski definition) is 0. The van der Waals surface area contributed by atoms with Crippen molar-refractivity contribution in [3.05, 3.63) is 39.4 Å². The number of imide groups is 1. The number of allylic oxidation sites excluding steroid dienone is 2. The number of fused-ring (bicyclic) bond motifs is 5. The zero-order valence-electron chi connectivity index (χ0n) is 15.0. The molecular weight excluding hydrogens is 487 g/mol. The van der Waals surface area contributed by atoms with Gasteiger partial charge in [-0.1, -0.05) is 72.4 Å². The lowest BCUT2D eigenvalue weighted by Crippen LogP contribution is -2.50. The number of carbonyl (C=O) groups is 2. The number of amides is 2. The third kappa shape index (κ3) is 2.11. The lowest BCUT2D eigenvalue weighted by atomic mass is 9.84. The maximum absolute atomic E-state index is 13.4. The number of anilines is 1. The fourth-order valence-corrected chi connectivity index (χ4v) is 7.39. The molecule has 2 amide bonds. The van der Waals surface area contributed by atoms with Crippen molar-refractivity contribution in [2.75, 3.05) is 4.90 Å². The van der Waals surface area contributed by atoms with Gasteiger partial charge >= 0.3 is 0 Å². The summed E-state index contributed by atoms with van der Waals surface area (Å²) in [6.07, 6.45) is 0. The predicted octanol–water partition coefficient (Wildman–Crippen LogP) is 6.07. The van der Waals surface area contributed by atoms with Gasteiger partial charge in [0.05, 0.1) is 27.6 Å². The molecule has 1 heterocycles. The Morgan fingerprint density at radius 3 is 1.82 bits per heavy atom. The predicted molar refractivity (Wildman–Crippen MR) is 115 cm³/mol. The van der Waals surface area contributed by atoms with Crippen LogP contribution in [0.1, 0.15) is 30.9 Å². The Labute approximate surface area is 192 Å². The molecule has 1 aromatic carbocycles. The number of alkyl halides is 4. The summed E-state index contributed by atoms with van der Waals surface area (Å²) >= 11 is 39.1. The van der Waals surface area contributed by atoms with E-state index in [0.29, 0.717) is 5.69 Å². The molecule has 0 N–H and O–H groups in total. The van der Waals surface area contributed by atoms with Crippen LogP contribution in [0.25, 0.3) is 0 Å². The van der Waals surface area contributed by atoms with Crippen molar-refractivity contribution in [1.29, 1.82) is 0 Å². The Kier molecular flexibility index (Phi) is 4.66. The van der Waals surface area contributed by atoms with Gasteiger partial charge in [-0.15, -0.1) is 23.2 Å². The van der Waals surface area contributed by atoms with Gasteiger partial charge in [-0.05, 0) is 30.0 Å². The Morgan fingerprint density at radius 1 is 0.929 bits per heavy atom. The average Bonchev–Trinajstić information content (AvgIpc) is 3.00. The molecule has 4 unspecified atom stereocenters. The minimum Gasteiger partial charge on any atom is -0.274 e. The Hall–Kier alpha value is -0.160. The van der Waals surface area contributed by atoms with E-state index < -0.39 is 37.7 Å². The van der Waals surface area contributed by atoms with Crippen LogP contribution in [-0.2, 0) is 9.59 Å². The summed E-state index contributed by atoms with van der Waals surface area (Å²) in [5.74, 6) is -3.10. The Morgan fingerprint density at radius 2 is 1.39 bits per heavy atom. The van der Waals surface area contributed by atoms with E-state index in [2.05, 4.69) is 0 Å². The molecule has 1 saturated heterocycles. The molecule has 3 nitrogen and oxygen atoms in total. The summed E-state index contributed by atoms with van der Waals surface area (Å²) in [5.41, 5.74) is 2.23. The second-order valence-corrected chi connectivity index (χ2v) is 11.1. The highest BCUT2D eigenvalue weighted by Crippen LogP contribution is 2.77. The molecule has 3 aliphatic rings.